The molecule has 0 amide bonds. The molecule has 30 heavy (non-hydrogen) atoms. The second kappa shape index (κ2) is 20.7. The molecule has 8 nitrogen and oxygen atoms in total. The van der Waals surface area contributed by atoms with E-state index >= 15 is 0 Å². The zero-order valence-corrected chi connectivity index (χ0v) is 19.1. The van der Waals surface area contributed by atoms with Gasteiger partial charge in [0, 0.05) is 36.1 Å². The quantitative estimate of drug-likeness (QED) is 0.457. The first kappa shape index (κ1) is 33.1. The van der Waals surface area contributed by atoms with Crippen LogP contribution in [0.4, 0.5) is 0 Å². The average molecular weight is 460 g/mol. The molecule has 1 aliphatic rings. The summed E-state index contributed by atoms with van der Waals surface area (Å²) in [7, 11) is 1.68. The van der Waals surface area contributed by atoms with Crippen molar-refractivity contribution in [1.82, 2.24) is 0 Å². The topological polar surface area (TPSA) is 106 Å². The van der Waals surface area contributed by atoms with E-state index < -0.39 is 6.29 Å². The molecule has 1 heterocycles. The molecule has 0 unspecified atom stereocenters. The molecule has 2 atom stereocenters. The van der Waals surface area contributed by atoms with Crippen LogP contribution in [-0.2, 0) is 45.5 Å². The fourth-order valence-electron chi connectivity index (χ4n) is 2.48. The number of ether oxygens (including phenoxy) is 5. The summed E-state index contributed by atoms with van der Waals surface area (Å²) in [6.45, 7) is 22.7. The Morgan fingerprint density at radius 1 is 0.933 bits per heavy atom. The minimum atomic E-state index is -0.422. The van der Waals surface area contributed by atoms with Gasteiger partial charge in [-0.05, 0) is 46.2 Å². The summed E-state index contributed by atoms with van der Waals surface area (Å²) in [5.74, 6) is 1.52. The Morgan fingerprint density at radius 2 is 1.40 bits per heavy atom. The number of rotatable bonds is 7. The molecule has 0 radical (unpaired) electrons. The van der Waals surface area contributed by atoms with Crippen molar-refractivity contribution in [2.75, 3.05) is 20.3 Å². The molecule has 0 aliphatic carbocycles. The van der Waals surface area contributed by atoms with Crippen molar-refractivity contribution in [3.05, 3.63) is 43.7 Å². The third-order valence-electron chi connectivity index (χ3n) is 3.30. The van der Waals surface area contributed by atoms with Gasteiger partial charge in [0.15, 0.2) is 6.29 Å². The summed E-state index contributed by atoms with van der Waals surface area (Å²) in [6, 6.07) is 5.80. The van der Waals surface area contributed by atoms with Crippen molar-refractivity contribution < 1.29 is 55.0 Å². The molecule has 0 saturated carbocycles. The summed E-state index contributed by atoms with van der Waals surface area (Å²) < 4.78 is 51.1. The molecule has 1 aromatic carbocycles. The van der Waals surface area contributed by atoms with Crippen LogP contribution in [0.15, 0.2) is 18.2 Å². The Morgan fingerprint density at radius 3 is 1.80 bits per heavy atom. The monoisotopic (exact) mass is 460 g/mol. The molecular weight excluding hydrogens is 432 g/mol. The van der Waals surface area contributed by atoms with Gasteiger partial charge >= 0.3 is 33.9 Å². The second-order valence-corrected chi connectivity index (χ2v) is 6.28. The molecule has 0 bridgehead atoms. The van der Waals surface area contributed by atoms with E-state index in [4.69, 9.17) is 37.6 Å². The Bertz CT molecular complexity index is 568. The van der Waals surface area contributed by atoms with Gasteiger partial charge in [-0.2, -0.15) is 0 Å². The molecule has 1 fully saturated rings. The summed E-state index contributed by atoms with van der Waals surface area (Å²) in [6.07, 6.45) is 0.636. The van der Waals surface area contributed by atoms with E-state index in [0.29, 0.717) is 13.2 Å². The van der Waals surface area contributed by atoms with Gasteiger partial charge in [-0.1, -0.05) is 0 Å². The fraction of sp³-hybridized carbons (Fsp3) is 0.571. The van der Waals surface area contributed by atoms with Crippen molar-refractivity contribution in [3.63, 3.8) is 0 Å². The van der Waals surface area contributed by atoms with E-state index in [1.165, 1.54) is 0 Å². The van der Waals surface area contributed by atoms with Crippen LogP contribution in [-0.4, -0.2) is 38.6 Å². The minimum Gasteiger partial charge on any atom is 0 e. The van der Waals surface area contributed by atoms with Crippen LogP contribution >= 0.6 is 0 Å². The van der Waals surface area contributed by atoms with Crippen LogP contribution in [0.5, 0.6) is 11.5 Å². The first-order valence-electron chi connectivity index (χ1n) is 8.83. The van der Waals surface area contributed by atoms with Crippen molar-refractivity contribution in [3.8, 4) is 11.5 Å². The van der Waals surface area contributed by atoms with Gasteiger partial charge in [0.25, 0.3) is 0 Å². The van der Waals surface area contributed by atoms with Crippen molar-refractivity contribution in [2.24, 2.45) is 0 Å². The number of benzene rings is 1. The summed E-state index contributed by atoms with van der Waals surface area (Å²) in [5, 5.41) is 0. The maximum Gasteiger partial charge on any atom is 0 e. The third kappa shape index (κ3) is 13.6. The van der Waals surface area contributed by atoms with Crippen LogP contribution in [0.3, 0.4) is 0 Å². The Balaban J connectivity index is -0.000000955. The van der Waals surface area contributed by atoms with E-state index in [1.807, 2.05) is 45.9 Å². The summed E-state index contributed by atoms with van der Waals surface area (Å²) in [4.78, 5) is 0. The zero-order valence-electron chi connectivity index (χ0n) is 17.8. The predicted molar refractivity (Wildman–Crippen MR) is 99.8 cm³/mol. The second-order valence-electron chi connectivity index (χ2n) is 6.28. The largest absolute Gasteiger partial charge is 0 e. The van der Waals surface area contributed by atoms with E-state index in [2.05, 4.69) is 20.0 Å². The molecule has 1 saturated heterocycles. The van der Waals surface area contributed by atoms with Gasteiger partial charge < -0.3 is 23.7 Å². The fourth-order valence-corrected chi connectivity index (χ4v) is 2.48. The summed E-state index contributed by atoms with van der Waals surface area (Å²) >= 11 is 0. The van der Waals surface area contributed by atoms with Gasteiger partial charge in [0.05, 0.1) is 31.5 Å². The number of methoxy groups -OCH3 is 1. The average Bonchev–Trinajstić information content (AvgIpc) is 2.72. The Labute approximate surface area is 189 Å². The molecule has 1 aromatic rings. The van der Waals surface area contributed by atoms with Crippen LogP contribution in [0.2, 0.25) is 0 Å². The SMILES string of the molecule is COC[C@@H]1CCO[C@H](c2cc(OC(C)C)cc(OC(C)C)c2)O1.[C-]#[O+].[C-]#[O+].[C-]#[O+].[Cr]. The zero-order chi connectivity index (χ0) is 22.8. The molecular formula is C21H28CrO8. The Kier molecular flexibility index (Phi) is 22.9. The molecule has 9 heteroatoms. The van der Waals surface area contributed by atoms with Crippen LogP contribution in [0.1, 0.15) is 46.0 Å². The van der Waals surface area contributed by atoms with Gasteiger partial charge in [0.2, 0.25) is 0 Å². The molecule has 2 rings (SSSR count). The van der Waals surface area contributed by atoms with Crippen LogP contribution < -0.4 is 9.47 Å². The first-order valence-corrected chi connectivity index (χ1v) is 8.83. The van der Waals surface area contributed by atoms with Crippen LogP contribution in [0.25, 0.3) is 0 Å². The standard InChI is InChI=1S/C18H28O5.3CO.Cr/c1-12(2)21-16-8-14(9-17(10-16)22-13(3)4)18-20-7-6-15(23-18)11-19-5;3*1-2;/h8-10,12-13,15,18H,6-7,11H2,1-5H3;;;;/t15-,18-;;;;/m0..../s1. The van der Waals surface area contributed by atoms with E-state index in [-0.39, 0.29) is 35.7 Å². The molecule has 166 valence electrons. The van der Waals surface area contributed by atoms with Crippen molar-refractivity contribution in [1.29, 1.82) is 0 Å². The number of hydrogen-bond donors (Lipinski definition) is 0. The maximum atomic E-state index is 7.50. The normalized spacial score (nSPS) is 16.8. The van der Waals surface area contributed by atoms with Gasteiger partial charge in [0.1, 0.15) is 11.5 Å². The smallest absolute Gasteiger partial charge is 0 e. The summed E-state index contributed by atoms with van der Waals surface area (Å²) in [5.41, 5.74) is 0.902. The van der Waals surface area contributed by atoms with Gasteiger partial charge in [-0.15, -0.1) is 0 Å². The molecule has 1 aliphatic heterocycles. The minimum absolute atomic E-state index is 0. The van der Waals surface area contributed by atoms with Crippen LogP contribution in [0, 0.1) is 20.0 Å². The third-order valence-corrected chi connectivity index (χ3v) is 3.30. The van der Waals surface area contributed by atoms with Crippen molar-refractivity contribution >= 4 is 0 Å². The molecule has 0 spiro atoms. The number of hydrogen-bond acceptors (Lipinski definition) is 5. The van der Waals surface area contributed by atoms with Crippen molar-refractivity contribution in [2.45, 2.75) is 58.7 Å². The van der Waals surface area contributed by atoms with E-state index in [9.17, 15) is 0 Å². The first-order chi connectivity index (χ1) is 14.0. The van der Waals surface area contributed by atoms with E-state index in [1.54, 1.807) is 7.11 Å². The molecule has 0 N–H and O–H groups in total. The predicted octanol–water partition coefficient (Wildman–Crippen LogP) is 3.60. The Hall–Kier alpha value is -1.55. The van der Waals surface area contributed by atoms with E-state index in [0.717, 1.165) is 23.5 Å². The van der Waals surface area contributed by atoms with Gasteiger partial charge in [-0.3, -0.25) is 0 Å². The van der Waals surface area contributed by atoms with Gasteiger partial charge in [-0.25, -0.2) is 0 Å². The maximum absolute atomic E-state index is 7.50. The molecule has 0 aromatic heterocycles.